The van der Waals surface area contributed by atoms with Crippen molar-refractivity contribution in [2.24, 2.45) is 0 Å². The summed E-state index contributed by atoms with van der Waals surface area (Å²) in [6.45, 7) is 3.47. The van der Waals surface area contributed by atoms with Gasteiger partial charge in [0.2, 0.25) is 5.95 Å². The molecular weight excluding hydrogens is 480 g/mol. The lowest BCUT2D eigenvalue weighted by atomic mass is 10.1. The van der Waals surface area contributed by atoms with Crippen molar-refractivity contribution in [3.63, 3.8) is 0 Å². The van der Waals surface area contributed by atoms with E-state index in [4.69, 9.17) is 5.41 Å². The average molecular weight is 502 g/mol. The molecule has 0 aromatic carbocycles. The summed E-state index contributed by atoms with van der Waals surface area (Å²) < 4.78 is 51.9. The van der Waals surface area contributed by atoms with Crippen LogP contribution in [0.1, 0.15) is 54.9 Å². The fraction of sp³-hybridized carbons (Fsp3) is 0.304. The molecular formula is C23H22F4N8O. The van der Waals surface area contributed by atoms with Gasteiger partial charge in [-0.2, -0.15) is 23.4 Å². The molecule has 0 bridgehead atoms. The molecule has 36 heavy (non-hydrogen) atoms. The number of aromatic nitrogens is 4. The zero-order valence-corrected chi connectivity index (χ0v) is 19.5. The second-order valence-corrected chi connectivity index (χ2v) is 7.88. The van der Waals surface area contributed by atoms with Gasteiger partial charge in [0.25, 0.3) is 5.56 Å². The van der Waals surface area contributed by atoms with Crippen molar-refractivity contribution in [1.29, 1.82) is 10.7 Å². The molecule has 0 aliphatic rings. The van der Waals surface area contributed by atoms with Crippen LogP contribution in [0.3, 0.4) is 0 Å². The molecule has 0 spiro atoms. The van der Waals surface area contributed by atoms with Gasteiger partial charge >= 0.3 is 6.18 Å². The van der Waals surface area contributed by atoms with Gasteiger partial charge in [0.15, 0.2) is 0 Å². The van der Waals surface area contributed by atoms with E-state index in [2.05, 4.69) is 25.3 Å². The van der Waals surface area contributed by atoms with Crippen molar-refractivity contribution in [2.75, 3.05) is 17.3 Å². The smallest absolute Gasteiger partial charge is 0.363 e. The Kier molecular flexibility index (Phi) is 7.67. The predicted octanol–water partition coefficient (Wildman–Crippen LogP) is 4.37. The molecule has 0 saturated heterocycles. The summed E-state index contributed by atoms with van der Waals surface area (Å²) >= 11 is 0. The molecule has 3 aromatic rings. The number of H-pyrrole nitrogens is 1. The number of nitriles is 1. The molecule has 3 N–H and O–H groups in total. The number of pyridine rings is 2. The van der Waals surface area contributed by atoms with E-state index in [1.54, 1.807) is 24.9 Å². The fourth-order valence-corrected chi connectivity index (χ4v) is 3.55. The Morgan fingerprint density at radius 3 is 2.50 bits per heavy atom. The summed E-state index contributed by atoms with van der Waals surface area (Å²) in [4.78, 5) is 29.0. The van der Waals surface area contributed by atoms with Crippen LogP contribution in [-0.4, -0.2) is 32.7 Å². The third-order valence-electron chi connectivity index (χ3n) is 5.48. The van der Waals surface area contributed by atoms with Gasteiger partial charge < -0.3 is 10.2 Å². The van der Waals surface area contributed by atoms with Gasteiger partial charge in [-0.3, -0.25) is 25.2 Å². The van der Waals surface area contributed by atoms with E-state index in [0.29, 0.717) is 17.7 Å². The van der Waals surface area contributed by atoms with E-state index in [-0.39, 0.29) is 17.3 Å². The number of rotatable bonds is 8. The van der Waals surface area contributed by atoms with Crippen molar-refractivity contribution in [2.45, 2.75) is 38.5 Å². The highest BCUT2D eigenvalue weighted by atomic mass is 19.4. The normalized spacial score (nSPS) is 12.9. The van der Waals surface area contributed by atoms with Gasteiger partial charge in [-0.1, -0.05) is 13.0 Å². The summed E-state index contributed by atoms with van der Waals surface area (Å²) in [7, 11) is 1.64. The number of aromatic amines is 1. The van der Waals surface area contributed by atoms with Crippen molar-refractivity contribution in [1.82, 2.24) is 19.9 Å². The number of hydrogen-bond donors (Lipinski definition) is 3. The fourth-order valence-electron chi connectivity index (χ4n) is 3.55. The van der Waals surface area contributed by atoms with Gasteiger partial charge in [-0.25, -0.2) is 4.39 Å². The number of hydrogen-bond acceptors (Lipinski definition) is 8. The molecule has 2 atom stereocenters. The lowest BCUT2D eigenvalue weighted by molar-refractivity contribution is -0.141. The van der Waals surface area contributed by atoms with E-state index in [0.717, 1.165) is 18.5 Å². The van der Waals surface area contributed by atoms with Crippen LogP contribution < -0.4 is 15.8 Å². The maximum Gasteiger partial charge on any atom is 0.433 e. The second kappa shape index (κ2) is 10.5. The summed E-state index contributed by atoms with van der Waals surface area (Å²) in [5.41, 5.74) is -1.91. The van der Waals surface area contributed by atoms with Crippen LogP contribution in [0.4, 0.5) is 29.3 Å². The van der Waals surface area contributed by atoms with E-state index >= 15 is 0 Å². The largest absolute Gasteiger partial charge is 0.433 e. The molecule has 188 valence electrons. The number of anilines is 2. The Bertz CT molecular complexity index is 1330. The molecule has 9 nitrogen and oxygen atoms in total. The average Bonchev–Trinajstić information content (AvgIpc) is 2.84. The van der Waals surface area contributed by atoms with Gasteiger partial charge in [0, 0.05) is 13.2 Å². The highest BCUT2D eigenvalue weighted by Crippen LogP contribution is 2.29. The second-order valence-electron chi connectivity index (χ2n) is 7.88. The first kappa shape index (κ1) is 26.3. The summed E-state index contributed by atoms with van der Waals surface area (Å²) in [6, 6.07) is 5.35. The Morgan fingerprint density at radius 1 is 1.25 bits per heavy atom. The number of nitrogens with one attached hydrogen (secondary N) is 3. The number of alkyl halides is 3. The third kappa shape index (κ3) is 5.65. The van der Waals surface area contributed by atoms with Crippen LogP contribution in [0, 0.1) is 22.6 Å². The zero-order chi connectivity index (χ0) is 26.6. The number of halogens is 4. The minimum absolute atomic E-state index is 0.0766. The zero-order valence-electron chi connectivity index (χ0n) is 19.5. The molecule has 3 heterocycles. The maximum absolute atomic E-state index is 13.3. The summed E-state index contributed by atoms with van der Waals surface area (Å²) in [5, 5.41) is 20.0. The molecule has 0 radical (unpaired) electrons. The maximum atomic E-state index is 13.3. The summed E-state index contributed by atoms with van der Waals surface area (Å²) in [5.74, 6) is -0.533. The van der Waals surface area contributed by atoms with Gasteiger partial charge in [0.1, 0.15) is 34.7 Å². The van der Waals surface area contributed by atoms with Crippen molar-refractivity contribution in [3.05, 3.63) is 75.3 Å². The first-order valence-corrected chi connectivity index (χ1v) is 10.7. The molecule has 0 aliphatic carbocycles. The monoisotopic (exact) mass is 502 g/mol. The van der Waals surface area contributed by atoms with Gasteiger partial charge in [-0.15, -0.1) is 0 Å². The van der Waals surface area contributed by atoms with Crippen LogP contribution in [0.15, 0.2) is 41.5 Å². The standard InChI is InChI=1S/C23H22F4N8O/c1-4-17(16-7-6-14(24)11-30-16)35(3)22-33-20(19(15(29)9-28)21(36)34-22)32-12(2)13-5-8-18(31-10-13)23(25,26)27/h5-8,10-12,17,29H,4H2,1-3H3,(H2,32,33,34,36). The quantitative estimate of drug-likeness (QED) is 0.308. The first-order chi connectivity index (χ1) is 17.0. The molecule has 0 aliphatic heterocycles. The van der Waals surface area contributed by atoms with Gasteiger partial charge in [-0.05, 0) is 37.1 Å². The molecule has 0 saturated carbocycles. The minimum Gasteiger partial charge on any atom is -0.363 e. The lowest BCUT2D eigenvalue weighted by Crippen LogP contribution is -2.31. The Labute approximate surface area is 203 Å². The minimum atomic E-state index is -4.59. The van der Waals surface area contributed by atoms with Crippen LogP contribution >= 0.6 is 0 Å². The lowest BCUT2D eigenvalue weighted by Gasteiger charge is -2.28. The van der Waals surface area contributed by atoms with E-state index in [1.807, 2.05) is 6.92 Å². The topological polar surface area (TPSA) is 134 Å². The van der Waals surface area contributed by atoms with E-state index < -0.39 is 41.0 Å². The molecule has 2 unspecified atom stereocenters. The SMILES string of the molecule is CCC(c1ccc(F)cn1)N(C)c1nc(NC(C)c2ccc(C(F)(F)F)nc2)c(C(=N)C#N)c(=O)[nH]1. The van der Waals surface area contributed by atoms with Crippen LogP contribution in [-0.2, 0) is 6.18 Å². The Balaban J connectivity index is 2.00. The van der Waals surface area contributed by atoms with Crippen molar-refractivity contribution < 1.29 is 17.6 Å². The molecule has 0 fully saturated rings. The van der Waals surface area contributed by atoms with Gasteiger partial charge in [0.05, 0.1) is 24.0 Å². The predicted molar refractivity (Wildman–Crippen MR) is 124 cm³/mol. The Morgan fingerprint density at radius 2 is 1.97 bits per heavy atom. The van der Waals surface area contributed by atoms with E-state index in [1.165, 1.54) is 18.2 Å². The van der Waals surface area contributed by atoms with Crippen LogP contribution in [0.2, 0.25) is 0 Å². The molecule has 3 rings (SSSR count). The van der Waals surface area contributed by atoms with Crippen molar-refractivity contribution >= 4 is 17.5 Å². The highest BCUT2D eigenvalue weighted by Gasteiger charge is 2.32. The molecule has 0 amide bonds. The molecule has 13 heteroatoms. The first-order valence-electron chi connectivity index (χ1n) is 10.7. The van der Waals surface area contributed by atoms with Crippen molar-refractivity contribution in [3.8, 4) is 6.07 Å². The number of nitrogens with zero attached hydrogens (tertiary/aromatic N) is 5. The third-order valence-corrected chi connectivity index (χ3v) is 5.48. The Hall–Kier alpha value is -4.34. The molecule has 3 aromatic heterocycles. The summed E-state index contributed by atoms with van der Waals surface area (Å²) in [6.07, 6.45) is -1.95. The van der Waals surface area contributed by atoms with E-state index in [9.17, 15) is 27.6 Å². The highest BCUT2D eigenvalue weighted by molar-refractivity contribution is 6.12. The van der Waals surface area contributed by atoms with Crippen LogP contribution in [0.25, 0.3) is 0 Å². The van der Waals surface area contributed by atoms with Crippen LogP contribution in [0.5, 0.6) is 0 Å².